The molecule has 0 atom stereocenters. The highest BCUT2D eigenvalue weighted by atomic mass is 16.5. The number of H-pyrrole nitrogens is 1. The molecule has 13 heteroatoms. The molecule has 5 heterocycles. The van der Waals surface area contributed by atoms with Gasteiger partial charge in [-0.05, 0) is 78.1 Å². The van der Waals surface area contributed by atoms with Gasteiger partial charge in [0.2, 0.25) is 0 Å². The third-order valence-electron chi connectivity index (χ3n) is 7.59. The minimum atomic E-state index is -0.889. The van der Waals surface area contributed by atoms with Crippen LogP contribution in [0.25, 0.3) is 0 Å². The standard InChI is InChI=1S/C14H22N2O2.C11H14N2O4.C6H11NO2/c1-14(2,3)16-9-6-12(10-13(16)17)18-11-4-7-15-8-5-11;14-10-7-9(1-4-12-10)17-8-2-5-13(6-3-8)11(15)16;8-6(9)7-4-2-1-3-5-7/h6,9-11,15H,4-5,7-8H2,1-3H3;1,4,7-8H,2-3,5-6H2,(H,12,14)(H,15,16);1-5H2,(H,8,9). The summed E-state index contributed by atoms with van der Waals surface area (Å²) in [6.45, 7) is 10.4. The van der Waals surface area contributed by atoms with Gasteiger partial charge >= 0.3 is 12.2 Å². The number of aromatic amines is 1. The van der Waals surface area contributed by atoms with E-state index >= 15 is 0 Å². The molecule has 0 unspecified atom stereocenters. The van der Waals surface area contributed by atoms with E-state index < -0.39 is 12.2 Å². The van der Waals surface area contributed by atoms with Crippen LogP contribution in [0.5, 0.6) is 11.5 Å². The van der Waals surface area contributed by atoms with Crippen molar-refractivity contribution in [2.45, 2.75) is 83.5 Å². The van der Waals surface area contributed by atoms with Crippen LogP contribution in [0.4, 0.5) is 9.59 Å². The lowest BCUT2D eigenvalue weighted by Crippen LogP contribution is -2.41. The van der Waals surface area contributed by atoms with Gasteiger partial charge in [-0.2, -0.15) is 0 Å². The molecule has 3 saturated heterocycles. The van der Waals surface area contributed by atoms with E-state index in [1.54, 1.807) is 16.7 Å². The van der Waals surface area contributed by atoms with Gasteiger partial charge in [-0.3, -0.25) is 9.59 Å². The van der Waals surface area contributed by atoms with Gasteiger partial charge in [0.25, 0.3) is 11.1 Å². The van der Waals surface area contributed by atoms with Crippen molar-refractivity contribution in [3.8, 4) is 11.5 Å². The first-order valence-electron chi connectivity index (χ1n) is 15.3. The van der Waals surface area contributed by atoms with Gasteiger partial charge in [0.1, 0.15) is 23.7 Å². The van der Waals surface area contributed by atoms with Crippen LogP contribution in [0.3, 0.4) is 0 Å². The maximum atomic E-state index is 12.0. The molecule has 13 nitrogen and oxygen atoms in total. The predicted octanol–water partition coefficient (Wildman–Crippen LogP) is 3.78. The van der Waals surface area contributed by atoms with Crippen molar-refractivity contribution in [2.75, 3.05) is 39.3 Å². The summed E-state index contributed by atoms with van der Waals surface area (Å²) >= 11 is 0. The molecular weight excluding hydrogens is 570 g/mol. The summed E-state index contributed by atoms with van der Waals surface area (Å²) in [5.41, 5.74) is -0.399. The third kappa shape index (κ3) is 11.6. The highest BCUT2D eigenvalue weighted by Crippen LogP contribution is 2.18. The number of aromatic nitrogens is 2. The van der Waals surface area contributed by atoms with Gasteiger partial charge < -0.3 is 44.4 Å². The van der Waals surface area contributed by atoms with Gasteiger partial charge in [-0.25, -0.2) is 9.59 Å². The number of hydrogen-bond donors (Lipinski definition) is 4. The Bertz CT molecular complexity index is 1300. The maximum absolute atomic E-state index is 12.0. The topological polar surface area (TPSA) is 166 Å². The second-order valence-electron chi connectivity index (χ2n) is 12.1. The first-order chi connectivity index (χ1) is 20.9. The van der Waals surface area contributed by atoms with Crippen molar-refractivity contribution in [3.63, 3.8) is 0 Å². The zero-order valence-corrected chi connectivity index (χ0v) is 26.0. The molecule has 0 saturated carbocycles. The molecule has 5 rings (SSSR count). The number of rotatable bonds is 4. The largest absolute Gasteiger partial charge is 0.490 e. The van der Waals surface area contributed by atoms with Crippen molar-refractivity contribution in [2.24, 2.45) is 0 Å². The quantitative estimate of drug-likeness (QED) is 0.399. The number of piperidine rings is 3. The van der Waals surface area contributed by atoms with Crippen molar-refractivity contribution in [3.05, 3.63) is 57.4 Å². The number of nitrogens with one attached hydrogen (secondary N) is 2. The van der Waals surface area contributed by atoms with Crippen molar-refractivity contribution in [1.82, 2.24) is 24.7 Å². The number of nitrogens with zero attached hydrogens (tertiary/aromatic N) is 3. The zero-order valence-electron chi connectivity index (χ0n) is 26.0. The molecule has 0 aliphatic carbocycles. The first-order valence-corrected chi connectivity index (χ1v) is 15.3. The van der Waals surface area contributed by atoms with Crippen LogP contribution < -0.4 is 25.9 Å². The summed E-state index contributed by atoms with van der Waals surface area (Å²) in [4.78, 5) is 49.4. The zero-order chi connectivity index (χ0) is 32.1. The summed E-state index contributed by atoms with van der Waals surface area (Å²) in [5, 5.41) is 20.5. The monoisotopic (exact) mass is 617 g/mol. The van der Waals surface area contributed by atoms with Crippen LogP contribution in [0.2, 0.25) is 0 Å². The summed E-state index contributed by atoms with van der Waals surface area (Å²) < 4.78 is 13.2. The van der Waals surface area contributed by atoms with Gasteiger partial charge in [-0.15, -0.1) is 0 Å². The van der Waals surface area contributed by atoms with E-state index in [-0.39, 0.29) is 28.9 Å². The molecule has 2 amide bonds. The fraction of sp³-hybridized carbons (Fsp3) is 0.613. The number of carbonyl (C=O) groups is 2. The maximum Gasteiger partial charge on any atom is 0.407 e. The van der Waals surface area contributed by atoms with E-state index in [0.717, 1.165) is 51.9 Å². The number of pyridine rings is 2. The molecule has 4 N–H and O–H groups in total. The van der Waals surface area contributed by atoms with Gasteiger partial charge in [0.15, 0.2) is 0 Å². The predicted molar refractivity (Wildman–Crippen MR) is 166 cm³/mol. The summed E-state index contributed by atoms with van der Waals surface area (Å²) in [6, 6.07) is 6.55. The minimum Gasteiger partial charge on any atom is -0.490 e. The Morgan fingerprint density at radius 3 is 1.84 bits per heavy atom. The van der Waals surface area contributed by atoms with Crippen LogP contribution in [-0.2, 0) is 5.54 Å². The Hall–Kier alpha value is -4.00. The molecule has 0 spiro atoms. The van der Waals surface area contributed by atoms with Crippen LogP contribution in [-0.4, -0.2) is 93.2 Å². The molecule has 0 aromatic carbocycles. The van der Waals surface area contributed by atoms with E-state index in [9.17, 15) is 19.2 Å². The van der Waals surface area contributed by atoms with Crippen LogP contribution in [0.1, 0.15) is 65.7 Å². The number of carboxylic acid groups (broad SMARTS) is 2. The molecule has 0 radical (unpaired) electrons. The fourth-order valence-corrected chi connectivity index (χ4v) is 5.13. The molecule has 3 fully saturated rings. The van der Waals surface area contributed by atoms with Gasteiger partial charge in [0, 0.05) is 69.1 Å². The SMILES string of the molecule is CC(C)(C)n1ccc(OC2CCNCC2)cc1=O.O=C(O)N1CCC(Oc2cc[nH]c(=O)c2)CC1.O=C(O)N1CCCCC1. The second-order valence-corrected chi connectivity index (χ2v) is 12.1. The summed E-state index contributed by atoms with van der Waals surface area (Å²) in [6.07, 6.45) is 8.46. The number of ether oxygens (including phenoxy) is 2. The minimum absolute atomic E-state index is 0.00562. The molecule has 2 aromatic rings. The molecule has 3 aliphatic heterocycles. The fourth-order valence-electron chi connectivity index (χ4n) is 5.13. The first kappa shape index (κ1) is 34.5. The average molecular weight is 618 g/mol. The van der Waals surface area contributed by atoms with Crippen LogP contribution in [0.15, 0.2) is 46.2 Å². The van der Waals surface area contributed by atoms with E-state index in [1.807, 2.05) is 33.0 Å². The Morgan fingerprint density at radius 1 is 0.795 bits per heavy atom. The molecule has 2 aromatic heterocycles. The van der Waals surface area contributed by atoms with E-state index in [0.29, 0.717) is 37.4 Å². The molecule has 0 bridgehead atoms. The lowest BCUT2D eigenvalue weighted by atomic mass is 10.1. The molecule has 44 heavy (non-hydrogen) atoms. The van der Waals surface area contributed by atoms with Gasteiger partial charge in [0.05, 0.1) is 0 Å². The van der Waals surface area contributed by atoms with Crippen LogP contribution >= 0.6 is 0 Å². The molecule has 244 valence electrons. The lowest BCUT2D eigenvalue weighted by Gasteiger charge is -2.30. The molecular formula is C31H47N5O8. The summed E-state index contributed by atoms with van der Waals surface area (Å²) in [7, 11) is 0. The Kier molecular flexibility index (Phi) is 13.1. The van der Waals surface area contributed by atoms with E-state index in [1.165, 1.54) is 28.5 Å². The lowest BCUT2D eigenvalue weighted by molar-refractivity contribution is 0.0893. The Balaban J connectivity index is 0.000000190. The number of hydrogen-bond acceptors (Lipinski definition) is 7. The van der Waals surface area contributed by atoms with Crippen molar-refractivity contribution < 1.29 is 29.3 Å². The summed E-state index contributed by atoms with van der Waals surface area (Å²) in [5.74, 6) is 1.22. The van der Waals surface area contributed by atoms with E-state index in [4.69, 9.17) is 19.7 Å². The van der Waals surface area contributed by atoms with Crippen molar-refractivity contribution in [1.29, 1.82) is 0 Å². The average Bonchev–Trinajstić information content (AvgIpc) is 2.98. The van der Waals surface area contributed by atoms with Gasteiger partial charge in [-0.1, -0.05) is 0 Å². The van der Waals surface area contributed by atoms with Crippen molar-refractivity contribution >= 4 is 12.2 Å². The number of likely N-dealkylation sites (tertiary alicyclic amines) is 2. The Morgan fingerprint density at radius 2 is 1.34 bits per heavy atom. The normalized spacial score (nSPS) is 17.8. The molecule has 3 aliphatic rings. The number of amides is 2. The van der Waals surface area contributed by atoms with Crippen LogP contribution in [0, 0.1) is 0 Å². The Labute approximate surface area is 257 Å². The highest BCUT2D eigenvalue weighted by molar-refractivity contribution is 5.65. The highest BCUT2D eigenvalue weighted by Gasteiger charge is 2.23. The smallest absolute Gasteiger partial charge is 0.407 e. The second kappa shape index (κ2) is 16.7. The van der Waals surface area contributed by atoms with E-state index in [2.05, 4.69) is 10.3 Å². The third-order valence-corrected chi connectivity index (χ3v) is 7.59.